The third-order valence-corrected chi connectivity index (χ3v) is 0.535. The fraction of sp³-hybridized carbons (Fsp3) is 0.333. The fourth-order valence-electron chi connectivity index (χ4n) is 0.267. The molecule has 3 heteroatoms. The second-order valence-corrected chi connectivity index (χ2v) is 1.07. The maximum Gasteiger partial charge on any atom is 0.354 e. The molecule has 1 heterocycles. The number of nitrogens with one attached hydrogen (secondary N) is 1. The van der Waals surface area contributed by atoms with Crippen LogP contribution in [0.25, 0.3) is 0 Å². The molecule has 0 spiro atoms. The van der Waals surface area contributed by atoms with Gasteiger partial charge in [0.2, 0.25) is 0 Å². The van der Waals surface area contributed by atoms with Gasteiger partial charge in [0.25, 0.3) is 5.84 Å². The lowest BCUT2D eigenvalue weighted by Gasteiger charge is -1.68. The molecule has 3 nitrogen and oxygen atoms in total. The molecule has 1 rings (SSSR count). The van der Waals surface area contributed by atoms with Crippen LogP contribution in [0.5, 0.6) is 0 Å². The number of rotatable bonds is 0. The molecule has 0 saturated carbocycles. The highest BCUT2D eigenvalue weighted by molar-refractivity contribution is 5.89. The minimum atomic E-state index is 0.856. The van der Waals surface area contributed by atoms with Gasteiger partial charge in [-0.25, -0.2) is 0 Å². The summed E-state index contributed by atoms with van der Waals surface area (Å²) >= 11 is 0. The molecule has 0 amide bonds. The Kier molecular flexibility index (Phi) is 0.602. The third kappa shape index (κ3) is 0.381. The van der Waals surface area contributed by atoms with Crippen LogP contribution in [-0.2, 0) is 0 Å². The van der Waals surface area contributed by atoms with Gasteiger partial charge in [0.15, 0.2) is 0 Å². The van der Waals surface area contributed by atoms with Crippen molar-refractivity contribution in [1.82, 2.24) is 10.5 Å². The standard InChI is InChI=1S/C3H5N3/c1-3-4-2-5-6-3/h2H,1H3,(H,4,6)/q+1. The zero-order valence-corrected chi connectivity index (χ0v) is 3.47. The maximum absolute atomic E-state index is 3.75. The Hall–Kier alpha value is -0.860. The monoisotopic (exact) mass is 83.0 g/mol. The van der Waals surface area contributed by atoms with Gasteiger partial charge in [0.1, 0.15) is 0 Å². The van der Waals surface area contributed by atoms with Crippen molar-refractivity contribution in [2.75, 3.05) is 0 Å². The minimum Gasteiger partial charge on any atom is -0.148 e. The number of hydrogen-bond donors (Lipinski definition) is 1. The van der Waals surface area contributed by atoms with E-state index in [1.54, 1.807) is 0 Å². The first-order chi connectivity index (χ1) is 2.89. The van der Waals surface area contributed by atoms with Crippen molar-refractivity contribution in [2.24, 2.45) is 4.99 Å². The van der Waals surface area contributed by atoms with Gasteiger partial charge in [-0.3, -0.25) is 0 Å². The predicted octanol–water partition coefficient (Wildman–Crippen LogP) is -0.713. The van der Waals surface area contributed by atoms with Gasteiger partial charge in [0.05, 0.1) is 5.10 Å². The molecule has 0 unspecified atom stereocenters. The molecule has 1 aliphatic rings. The summed E-state index contributed by atoms with van der Waals surface area (Å²) < 4.78 is 0. The van der Waals surface area contributed by atoms with Crippen LogP contribution in [-0.4, -0.2) is 12.2 Å². The molecule has 0 bridgehead atoms. The molecule has 6 heavy (non-hydrogen) atoms. The lowest BCUT2D eigenvalue weighted by atomic mass is 10.7. The first kappa shape index (κ1) is 3.33. The van der Waals surface area contributed by atoms with E-state index in [1.165, 1.54) is 6.34 Å². The van der Waals surface area contributed by atoms with Crippen molar-refractivity contribution >= 4 is 12.2 Å². The number of hydrazone groups is 1. The average molecular weight is 83.1 g/mol. The van der Waals surface area contributed by atoms with E-state index in [1.807, 2.05) is 6.92 Å². The van der Waals surface area contributed by atoms with E-state index < -0.39 is 0 Å². The molecule has 0 aromatic heterocycles. The van der Waals surface area contributed by atoms with Gasteiger partial charge in [-0.2, -0.15) is 0 Å². The summed E-state index contributed by atoms with van der Waals surface area (Å²) in [6.45, 7) is 1.85. The predicted molar refractivity (Wildman–Crippen MR) is 24.4 cm³/mol. The number of aliphatic imine (C=N–C) groups is 1. The Morgan fingerprint density at radius 3 is 3.00 bits per heavy atom. The van der Waals surface area contributed by atoms with E-state index in [9.17, 15) is 0 Å². The zero-order valence-electron chi connectivity index (χ0n) is 3.47. The first-order valence-corrected chi connectivity index (χ1v) is 1.71. The van der Waals surface area contributed by atoms with E-state index in [4.69, 9.17) is 0 Å². The molecule has 0 aliphatic carbocycles. The van der Waals surface area contributed by atoms with Crippen molar-refractivity contribution in [3.05, 3.63) is 0 Å². The second kappa shape index (κ2) is 1.08. The summed E-state index contributed by atoms with van der Waals surface area (Å²) in [6, 6.07) is 0. The van der Waals surface area contributed by atoms with Crippen molar-refractivity contribution in [1.29, 1.82) is 0 Å². The SMILES string of the molecule is CC1=NC=[N+]N1. The second-order valence-electron chi connectivity index (χ2n) is 1.07. The molecule has 1 aliphatic heterocycles. The van der Waals surface area contributed by atoms with Crippen LogP contribution in [0.2, 0.25) is 0 Å². The molecule has 1 radical (unpaired) electrons. The normalized spacial score (nSPS) is 17.2. The van der Waals surface area contributed by atoms with Crippen LogP contribution in [0.15, 0.2) is 4.99 Å². The Morgan fingerprint density at radius 1 is 2.00 bits per heavy atom. The lowest BCUT2D eigenvalue weighted by Crippen LogP contribution is -2.15. The molecule has 0 fully saturated rings. The van der Waals surface area contributed by atoms with Gasteiger partial charge < -0.3 is 0 Å². The highest BCUT2D eigenvalue weighted by atomic mass is 15.4. The summed E-state index contributed by atoms with van der Waals surface area (Å²) in [6.07, 6.45) is 1.48. The Bertz CT molecular complexity index is 103. The quantitative estimate of drug-likeness (QED) is 0.412. The van der Waals surface area contributed by atoms with E-state index in [0.717, 1.165) is 5.84 Å². The molecule has 1 N–H and O–H groups in total. The lowest BCUT2D eigenvalue weighted by molar-refractivity contribution is 0.943. The smallest absolute Gasteiger partial charge is 0.148 e. The first-order valence-electron chi connectivity index (χ1n) is 1.71. The summed E-state index contributed by atoms with van der Waals surface area (Å²) in [5, 5.41) is 3.59. The van der Waals surface area contributed by atoms with Gasteiger partial charge in [-0.15, -0.1) is 5.43 Å². The molecule has 0 aromatic carbocycles. The largest absolute Gasteiger partial charge is 0.354 e. The molecule has 0 saturated heterocycles. The third-order valence-electron chi connectivity index (χ3n) is 0.535. The number of hydrogen-bond acceptors (Lipinski definition) is 3. The molecule has 0 aromatic rings. The molecule has 0 atom stereocenters. The van der Waals surface area contributed by atoms with Crippen molar-refractivity contribution in [2.45, 2.75) is 6.92 Å². The van der Waals surface area contributed by atoms with Gasteiger partial charge in [0, 0.05) is 6.92 Å². The van der Waals surface area contributed by atoms with Crippen LogP contribution < -0.4 is 10.5 Å². The van der Waals surface area contributed by atoms with Crippen LogP contribution in [0, 0.1) is 0 Å². The summed E-state index contributed by atoms with van der Waals surface area (Å²) in [4.78, 5) is 3.75. The number of nitrogens with zero attached hydrogens (tertiary/aromatic N) is 2. The van der Waals surface area contributed by atoms with E-state index in [-0.39, 0.29) is 0 Å². The highest BCUT2D eigenvalue weighted by Gasteiger charge is 2.01. The highest BCUT2D eigenvalue weighted by Crippen LogP contribution is 1.67. The van der Waals surface area contributed by atoms with Gasteiger partial charge in [-0.05, 0) is 4.99 Å². The van der Waals surface area contributed by atoms with Crippen molar-refractivity contribution in [3.8, 4) is 0 Å². The van der Waals surface area contributed by atoms with Gasteiger partial charge >= 0.3 is 6.34 Å². The molecular formula is C3H5N3+. The van der Waals surface area contributed by atoms with E-state index in [0.29, 0.717) is 0 Å². The van der Waals surface area contributed by atoms with E-state index >= 15 is 0 Å². The topological polar surface area (TPSA) is 38.5 Å². The molecular weight excluding hydrogens is 78.1 g/mol. The Balaban J connectivity index is 2.61. The molecule has 31 valence electrons. The maximum atomic E-state index is 3.75. The summed E-state index contributed by atoms with van der Waals surface area (Å²) in [7, 11) is 0. The van der Waals surface area contributed by atoms with E-state index in [2.05, 4.69) is 15.5 Å². The van der Waals surface area contributed by atoms with Gasteiger partial charge in [-0.1, -0.05) is 0 Å². The fourth-order valence-corrected chi connectivity index (χ4v) is 0.267. The number of amidine groups is 1. The van der Waals surface area contributed by atoms with Crippen LogP contribution in [0.4, 0.5) is 0 Å². The van der Waals surface area contributed by atoms with Crippen LogP contribution in [0.3, 0.4) is 0 Å². The Labute approximate surface area is 35.8 Å². The summed E-state index contributed by atoms with van der Waals surface area (Å²) in [5.74, 6) is 0.856. The van der Waals surface area contributed by atoms with Crippen molar-refractivity contribution in [3.63, 3.8) is 0 Å². The van der Waals surface area contributed by atoms with Crippen molar-refractivity contribution < 1.29 is 0 Å². The Morgan fingerprint density at radius 2 is 2.83 bits per heavy atom. The van der Waals surface area contributed by atoms with Crippen LogP contribution >= 0.6 is 0 Å². The zero-order chi connectivity index (χ0) is 4.41. The van der Waals surface area contributed by atoms with Crippen LogP contribution in [0.1, 0.15) is 6.92 Å². The summed E-state index contributed by atoms with van der Waals surface area (Å²) in [5.41, 5.74) is 2.64. The average Bonchev–Trinajstić information content (AvgIpc) is 1.86. The minimum absolute atomic E-state index is 0.856.